The molecule has 6 heteroatoms. The molecule has 0 aliphatic rings. The van der Waals surface area contributed by atoms with Crippen LogP contribution in [0.4, 0.5) is 0 Å². The topological polar surface area (TPSA) is 72.5 Å². The van der Waals surface area contributed by atoms with E-state index in [9.17, 15) is 4.79 Å². The molecule has 1 aromatic heterocycles. The summed E-state index contributed by atoms with van der Waals surface area (Å²) in [7, 11) is 3.30. The Morgan fingerprint density at radius 3 is 2.78 bits per heavy atom. The number of hydrazine groups is 1. The number of hydrogen-bond acceptors (Lipinski definition) is 6. The third-order valence-electron chi connectivity index (χ3n) is 2.37. The second kappa shape index (κ2) is 7.62. The zero-order valence-corrected chi connectivity index (χ0v) is 10.9. The van der Waals surface area contributed by atoms with Crippen LogP contribution in [0.1, 0.15) is 24.9 Å². The summed E-state index contributed by atoms with van der Waals surface area (Å²) in [4.78, 5) is 15.6. The normalized spacial score (nSPS) is 11.9. The maximum absolute atomic E-state index is 11.5. The first-order chi connectivity index (χ1) is 8.71. The van der Waals surface area contributed by atoms with Crippen LogP contribution in [0.3, 0.4) is 0 Å². The molecule has 0 spiro atoms. The molecule has 1 atom stereocenters. The minimum absolute atomic E-state index is 0.188. The number of rotatable bonds is 7. The van der Waals surface area contributed by atoms with Crippen LogP contribution in [-0.4, -0.2) is 31.7 Å². The highest BCUT2D eigenvalue weighted by atomic mass is 16.5. The standard InChI is InChI=1S/C12H19N3O3/c1-4-18-12(16)7-10(15-13-2)9-5-6-11(17-3)14-8-9/h5-6,8,10,13,15H,4,7H2,1-3H3/t10-/m0/s1. The maximum Gasteiger partial charge on any atom is 0.307 e. The average Bonchev–Trinajstić information content (AvgIpc) is 2.39. The van der Waals surface area contributed by atoms with Gasteiger partial charge in [-0.2, -0.15) is 0 Å². The van der Waals surface area contributed by atoms with Gasteiger partial charge in [0.15, 0.2) is 0 Å². The molecule has 1 aromatic rings. The molecular formula is C12H19N3O3. The molecule has 2 N–H and O–H groups in total. The molecule has 0 fully saturated rings. The quantitative estimate of drug-likeness (QED) is 0.553. The summed E-state index contributed by atoms with van der Waals surface area (Å²) in [6.45, 7) is 2.17. The Labute approximate surface area is 107 Å². The molecule has 0 aliphatic carbocycles. The smallest absolute Gasteiger partial charge is 0.307 e. The number of aromatic nitrogens is 1. The summed E-state index contributed by atoms with van der Waals surface area (Å²) < 4.78 is 9.92. The molecule has 0 bridgehead atoms. The van der Waals surface area contributed by atoms with Crippen molar-refractivity contribution < 1.29 is 14.3 Å². The fourth-order valence-corrected chi connectivity index (χ4v) is 1.53. The van der Waals surface area contributed by atoms with E-state index in [2.05, 4.69) is 15.8 Å². The molecule has 0 unspecified atom stereocenters. The van der Waals surface area contributed by atoms with E-state index in [0.29, 0.717) is 12.5 Å². The molecule has 100 valence electrons. The van der Waals surface area contributed by atoms with Gasteiger partial charge in [0.2, 0.25) is 5.88 Å². The van der Waals surface area contributed by atoms with Crippen LogP contribution in [-0.2, 0) is 9.53 Å². The number of esters is 1. The van der Waals surface area contributed by atoms with E-state index in [0.717, 1.165) is 5.56 Å². The molecule has 6 nitrogen and oxygen atoms in total. The fraction of sp³-hybridized carbons (Fsp3) is 0.500. The van der Waals surface area contributed by atoms with Gasteiger partial charge in [-0.1, -0.05) is 6.07 Å². The van der Waals surface area contributed by atoms with Gasteiger partial charge in [0.1, 0.15) is 0 Å². The predicted molar refractivity (Wildman–Crippen MR) is 67.0 cm³/mol. The van der Waals surface area contributed by atoms with Crippen LogP contribution in [0.2, 0.25) is 0 Å². The third kappa shape index (κ3) is 4.31. The molecular weight excluding hydrogens is 234 g/mol. The molecule has 1 rings (SSSR count). The summed E-state index contributed by atoms with van der Waals surface area (Å²) in [6.07, 6.45) is 1.91. The Kier molecular flexibility index (Phi) is 6.10. The van der Waals surface area contributed by atoms with Gasteiger partial charge in [0, 0.05) is 12.3 Å². The van der Waals surface area contributed by atoms with Crippen molar-refractivity contribution >= 4 is 5.97 Å². The number of pyridine rings is 1. The van der Waals surface area contributed by atoms with E-state index in [1.807, 2.05) is 6.07 Å². The first kappa shape index (κ1) is 14.4. The highest BCUT2D eigenvalue weighted by molar-refractivity contribution is 5.70. The Morgan fingerprint density at radius 2 is 2.28 bits per heavy atom. The lowest BCUT2D eigenvalue weighted by Crippen LogP contribution is -2.34. The van der Waals surface area contributed by atoms with Crippen LogP contribution in [0.5, 0.6) is 5.88 Å². The summed E-state index contributed by atoms with van der Waals surface area (Å²) in [5.41, 5.74) is 6.71. The minimum atomic E-state index is -0.249. The predicted octanol–water partition coefficient (Wildman–Crippen LogP) is 0.808. The van der Waals surface area contributed by atoms with Crippen molar-refractivity contribution in [2.24, 2.45) is 0 Å². The minimum Gasteiger partial charge on any atom is -0.481 e. The Morgan fingerprint density at radius 1 is 1.50 bits per heavy atom. The molecule has 0 aromatic carbocycles. The Hall–Kier alpha value is -1.66. The van der Waals surface area contributed by atoms with E-state index in [4.69, 9.17) is 9.47 Å². The zero-order chi connectivity index (χ0) is 13.4. The molecule has 0 radical (unpaired) electrons. The largest absolute Gasteiger partial charge is 0.481 e. The lowest BCUT2D eigenvalue weighted by molar-refractivity contribution is -0.143. The molecule has 0 amide bonds. The van der Waals surface area contributed by atoms with Crippen LogP contribution < -0.4 is 15.6 Å². The number of nitrogens with one attached hydrogen (secondary N) is 2. The molecule has 0 saturated carbocycles. The monoisotopic (exact) mass is 253 g/mol. The first-order valence-corrected chi connectivity index (χ1v) is 5.79. The highest BCUT2D eigenvalue weighted by Gasteiger charge is 2.16. The number of nitrogens with zero attached hydrogens (tertiary/aromatic N) is 1. The lowest BCUT2D eigenvalue weighted by Gasteiger charge is -2.17. The van der Waals surface area contributed by atoms with Crippen molar-refractivity contribution in [2.45, 2.75) is 19.4 Å². The second-order valence-electron chi connectivity index (χ2n) is 3.59. The molecule has 1 heterocycles. The van der Waals surface area contributed by atoms with Crippen LogP contribution in [0, 0.1) is 0 Å². The van der Waals surface area contributed by atoms with Gasteiger partial charge in [0.05, 0.1) is 26.2 Å². The number of carbonyl (C=O) groups excluding carboxylic acids is 1. The van der Waals surface area contributed by atoms with Gasteiger partial charge in [-0.3, -0.25) is 10.2 Å². The molecule has 18 heavy (non-hydrogen) atoms. The van der Waals surface area contributed by atoms with Crippen LogP contribution in [0.15, 0.2) is 18.3 Å². The Balaban J connectivity index is 2.72. The summed E-state index contributed by atoms with van der Waals surface area (Å²) in [5.74, 6) is 0.291. The van der Waals surface area contributed by atoms with Gasteiger partial charge in [-0.05, 0) is 19.5 Å². The van der Waals surface area contributed by atoms with Gasteiger partial charge >= 0.3 is 5.97 Å². The van der Waals surface area contributed by atoms with E-state index in [1.54, 1.807) is 33.3 Å². The maximum atomic E-state index is 11.5. The zero-order valence-electron chi connectivity index (χ0n) is 10.9. The fourth-order valence-electron chi connectivity index (χ4n) is 1.53. The molecule has 0 saturated heterocycles. The van der Waals surface area contributed by atoms with Gasteiger partial charge < -0.3 is 9.47 Å². The van der Waals surface area contributed by atoms with Gasteiger partial charge in [-0.25, -0.2) is 10.4 Å². The van der Waals surface area contributed by atoms with Crippen molar-refractivity contribution in [2.75, 3.05) is 20.8 Å². The van der Waals surface area contributed by atoms with E-state index >= 15 is 0 Å². The van der Waals surface area contributed by atoms with Crippen LogP contribution in [0.25, 0.3) is 0 Å². The first-order valence-electron chi connectivity index (χ1n) is 5.79. The van der Waals surface area contributed by atoms with E-state index in [-0.39, 0.29) is 18.4 Å². The second-order valence-corrected chi connectivity index (χ2v) is 3.59. The number of ether oxygens (including phenoxy) is 2. The van der Waals surface area contributed by atoms with E-state index < -0.39 is 0 Å². The van der Waals surface area contributed by atoms with Gasteiger partial charge in [0.25, 0.3) is 0 Å². The van der Waals surface area contributed by atoms with Gasteiger partial charge in [-0.15, -0.1) is 0 Å². The third-order valence-corrected chi connectivity index (χ3v) is 2.37. The number of carbonyl (C=O) groups is 1. The van der Waals surface area contributed by atoms with Crippen molar-refractivity contribution in [3.63, 3.8) is 0 Å². The van der Waals surface area contributed by atoms with Crippen LogP contribution >= 0.6 is 0 Å². The summed E-state index contributed by atoms with van der Waals surface area (Å²) in [5, 5.41) is 0. The van der Waals surface area contributed by atoms with Crippen molar-refractivity contribution in [3.05, 3.63) is 23.9 Å². The SMILES string of the molecule is CCOC(=O)C[C@H](NNC)c1ccc(OC)nc1. The van der Waals surface area contributed by atoms with Crippen molar-refractivity contribution in [3.8, 4) is 5.88 Å². The van der Waals surface area contributed by atoms with Crippen molar-refractivity contribution in [1.29, 1.82) is 0 Å². The van der Waals surface area contributed by atoms with E-state index in [1.165, 1.54) is 0 Å². The summed E-state index contributed by atoms with van der Waals surface area (Å²) in [6, 6.07) is 3.43. The number of hydrogen-bond donors (Lipinski definition) is 2. The lowest BCUT2D eigenvalue weighted by atomic mass is 10.1. The summed E-state index contributed by atoms with van der Waals surface area (Å²) >= 11 is 0. The Bertz CT molecular complexity index is 367. The average molecular weight is 253 g/mol. The highest BCUT2D eigenvalue weighted by Crippen LogP contribution is 2.18. The van der Waals surface area contributed by atoms with Crippen molar-refractivity contribution in [1.82, 2.24) is 15.8 Å². The number of methoxy groups -OCH3 is 1. The molecule has 0 aliphatic heterocycles.